The topological polar surface area (TPSA) is 346 Å². The predicted molar refractivity (Wildman–Crippen MR) is 152 cm³/mol. The zero-order valence-corrected chi connectivity index (χ0v) is 25.2. The summed E-state index contributed by atoms with van der Waals surface area (Å²) in [6, 6.07) is 0. The summed E-state index contributed by atoms with van der Waals surface area (Å²) in [5, 5.41) is 21.4. The first kappa shape index (κ1) is 32.5. The molecule has 2 unspecified atom stereocenters. The van der Waals surface area contributed by atoms with E-state index in [2.05, 4.69) is 29.9 Å². The molecule has 46 heavy (non-hydrogen) atoms. The number of anilines is 2. The number of fused-ring (bicyclic) bond motifs is 2. The van der Waals surface area contributed by atoms with Gasteiger partial charge in [-0.1, -0.05) is 0 Å². The van der Waals surface area contributed by atoms with E-state index in [9.17, 15) is 33.9 Å². The first-order valence-corrected chi connectivity index (χ1v) is 16.2. The Labute approximate surface area is 256 Å². The first-order valence-electron chi connectivity index (χ1n) is 13.4. The van der Waals surface area contributed by atoms with Crippen LogP contribution in [0.4, 0.5) is 11.8 Å². The Bertz CT molecular complexity index is 1870. The van der Waals surface area contributed by atoms with Crippen LogP contribution in [0.2, 0.25) is 0 Å². The normalized spacial score (nSPS) is 30.3. The lowest BCUT2D eigenvalue weighted by atomic mass is 9.99. The average Bonchev–Trinajstić information content (AvgIpc) is 3.76. The smallest absolute Gasteiger partial charge is 0.387 e. The van der Waals surface area contributed by atoms with Gasteiger partial charge in [0.2, 0.25) is 5.95 Å². The number of aromatic amines is 1. The Hall–Kier alpha value is -3.44. The number of nitrogen functional groups attached to an aromatic ring is 2. The van der Waals surface area contributed by atoms with Crippen molar-refractivity contribution in [3.05, 3.63) is 29.3 Å². The van der Waals surface area contributed by atoms with Crippen molar-refractivity contribution < 1.29 is 52.2 Å². The second-order valence-electron chi connectivity index (χ2n) is 10.3. The Morgan fingerprint density at radius 2 is 1.70 bits per heavy atom. The molecule has 0 amide bonds. The molecule has 23 nitrogen and oxygen atoms in total. The molecule has 0 bridgehead atoms. The Morgan fingerprint density at radius 1 is 1.00 bits per heavy atom. The maximum Gasteiger partial charge on any atom is 0.472 e. The van der Waals surface area contributed by atoms with Crippen LogP contribution >= 0.6 is 16.1 Å². The number of H-pyrrole nitrogens is 1. The van der Waals surface area contributed by atoms with Crippen molar-refractivity contribution in [2.75, 3.05) is 31.2 Å². The van der Waals surface area contributed by atoms with Crippen LogP contribution in [0, 0.1) is 5.92 Å². The summed E-state index contributed by atoms with van der Waals surface area (Å²) >= 11 is 0. The third-order valence-corrected chi connectivity index (χ3v) is 8.92. The van der Waals surface area contributed by atoms with Gasteiger partial charge in [0.25, 0.3) is 5.56 Å². The molecule has 11 N–H and O–H groups in total. The largest absolute Gasteiger partial charge is 0.472 e. The average molecular weight is 689 g/mol. The monoisotopic (exact) mass is 689 g/mol. The number of phosphoric ester groups is 1. The zero-order chi connectivity index (χ0) is 32.9. The van der Waals surface area contributed by atoms with Crippen LogP contribution in [-0.2, 0) is 32.2 Å². The summed E-state index contributed by atoms with van der Waals surface area (Å²) in [7, 11) is -8.45. The minimum Gasteiger partial charge on any atom is -0.387 e. The van der Waals surface area contributed by atoms with Gasteiger partial charge in [-0.25, -0.2) is 24.5 Å². The van der Waals surface area contributed by atoms with Gasteiger partial charge in [0.15, 0.2) is 35.1 Å². The molecule has 2 saturated heterocycles. The van der Waals surface area contributed by atoms with Crippen molar-refractivity contribution in [1.29, 1.82) is 0 Å². The van der Waals surface area contributed by atoms with Gasteiger partial charge in [-0.05, 0) is 0 Å². The molecule has 0 aromatic carbocycles. The molecule has 0 aliphatic carbocycles. The maximum absolute atomic E-state index is 13.3. The number of nitrogens with one attached hydrogen (secondary N) is 1. The molecule has 4 aromatic rings. The van der Waals surface area contributed by atoms with Crippen LogP contribution in [0.25, 0.3) is 22.3 Å². The van der Waals surface area contributed by atoms with Crippen molar-refractivity contribution >= 4 is 50.2 Å². The number of rotatable bonds is 11. The number of ether oxygens (including phenoxy) is 2. The quantitative estimate of drug-likeness (QED) is 0.0733. The van der Waals surface area contributed by atoms with E-state index in [-0.39, 0.29) is 40.6 Å². The summed E-state index contributed by atoms with van der Waals surface area (Å²) < 4.78 is 54.3. The van der Waals surface area contributed by atoms with Crippen LogP contribution in [0.1, 0.15) is 12.5 Å². The van der Waals surface area contributed by atoms with Gasteiger partial charge in [-0.3, -0.25) is 32.5 Å². The Balaban J connectivity index is 1.22. The molecule has 4 aromatic heterocycles. The highest BCUT2D eigenvalue weighted by Crippen LogP contribution is 2.51. The highest BCUT2D eigenvalue weighted by atomic mass is 31.2. The second-order valence-corrected chi connectivity index (χ2v) is 12.5. The molecule has 2 fully saturated rings. The fourth-order valence-corrected chi connectivity index (χ4v) is 6.64. The number of aromatic nitrogens is 8. The fraction of sp³-hybridized carbons (Fsp3) is 0.524. The SMILES string of the molecule is NC[C@H]1[C@@H](OP(=O)(O)OC[C@H]2O[C@@H](n3cnc4c(N)ncnc43)[C@H](O)[C@@H]2O)[C@H](n2cnc3c(=O)[nH]c(N)nc32)O[C@@H]1CO[PH](=O)O. The van der Waals surface area contributed by atoms with Gasteiger partial charge >= 0.3 is 16.1 Å². The molecule has 0 spiro atoms. The van der Waals surface area contributed by atoms with E-state index >= 15 is 0 Å². The summed E-state index contributed by atoms with van der Waals surface area (Å²) in [5.74, 6) is -1.11. The molecule has 0 saturated carbocycles. The summed E-state index contributed by atoms with van der Waals surface area (Å²) in [4.78, 5) is 54.7. The van der Waals surface area contributed by atoms with E-state index in [4.69, 9.17) is 40.2 Å². The number of hydrogen-bond acceptors (Lipinski definition) is 18. The summed E-state index contributed by atoms with van der Waals surface area (Å²) in [6.45, 7) is -1.42. The highest BCUT2D eigenvalue weighted by Gasteiger charge is 2.51. The molecule has 6 rings (SSSR count). The Morgan fingerprint density at radius 3 is 2.41 bits per heavy atom. The van der Waals surface area contributed by atoms with Gasteiger partial charge in [0.1, 0.15) is 36.3 Å². The van der Waals surface area contributed by atoms with E-state index in [1.807, 2.05) is 0 Å². The molecule has 2 aliphatic heterocycles. The number of hydrogen-bond donors (Lipinski definition) is 8. The lowest BCUT2D eigenvalue weighted by Crippen LogP contribution is -2.36. The molecular formula is C21H29N11O12P2. The lowest BCUT2D eigenvalue weighted by molar-refractivity contribution is -0.0607. The van der Waals surface area contributed by atoms with Crippen LogP contribution in [0.15, 0.2) is 23.8 Å². The molecular weight excluding hydrogens is 660 g/mol. The van der Waals surface area contributed by atoms with Crippen LogP contribution in [0.3, 0.4) is 0 Å². The minimum atomic E-state index is -5.06. The maximum atomic E-state index is 13.3. The number of nitrogens with zero attached hydrogens (tertiary/aromatic N) is 7. The Kier molecular flexibility index (Phi) is 8.93. The van der Waals surface area contributed by atoms with Crippen molar-refractivity contribution in [3.63, 3.8) is 0 Å². The van der Waals surface area contributed by atoms with E-state index in [0.29, 0.717) is 0 Å². The van der Waals surface area contributed by atoms with Gasteiger partial charge < -0.3 is 51.2 Å². The minimum absolute atomic E-state index is 0.0665. The van der Waals surface area contributed by atoms with Crippen molar-refractivity contribution in [2.45, 2.75) is 43.0 Å². The summed E-state index contributed by atoms with van der Waals surface area (Å²) in [5.41, 5.74) is 17.0. The van der Waals surface area contributed by atoms with Crippen molar-refractivity contribution in [2.24, 2.45) is 11.7 Å². The highest BCUT2D eigenvalue weighted by molar-refractivity contribution is 7.47. The number of nitrogens with two attached hydrogens (primary N) is 3. The van der Waals surface area contributed by atoms with Gasteiger partial charge in [0.05, 0.1) is 32.0 Å². The van der Waals surface area contributed by atoms with Crippen LogP contribution in [-0.4, -0.2) is 109 Å². The molecule has 6 heterocycles. The molecule has 25 heteroatoms. The number of aliphatic hydroxyl groups is 2. The summed E-state index contributed by atoms with van der Waals surface area (Å²) in [6.07, 6.45) is -5.87. The molecule has 2 aliphatic rings. The van der Waals surface area contributed by atoms with E-state index in [1.54, 1.807) is 0 Å². The van der Waals surface area contributed by atoms with Gasteiger partial charge in [-0.15, -0.1) is 0 Å². The fourth-order valence-electron chi connectivity index (χ4n) is 5.37. The predicted octanol–water partition coefficient (Wildman–Crippen LogP) is -2.88. The molecule has 10 atom stereocenters. The van der Waals surface area contributed by atoms with E-state index in [1.165, 1.54) is 21.8 Å². The first-order chi connectivity index (χ1) is 21.9. The number of aliphatic hydroxyl groups excluding tert-OH is 2. The van der Waals surface area contributed by atoms with Crippen molar-refractivity contribution in [3.8, 4) is 0 Å². The van der Waals surface area contributed by atoms with Crippen LogP contribution < -0.4 is 22.8 Å². The second kappa shape index (κ2) is 12.6. The van der Waals surface area contributed by atoms with Gasteiger partial charge in [0, 0.05) is 12.5 Å². The number of imidazole rings is 2. The van der Waals surface area contributed by atoms with E-state index < -0.39 is 83.7 Å². The molecule has 250 valence electrons. The lowest BCUT2D eigenvalue weighted by Gasteiger charge is -2.26. The third-order valence-electron chi connectivity index (χ3n) is 7.52. The third kappa shape index (κ3) is 6.03. The molecule has 0 radical (unpaired) electrons. The van der Waals surface area contributed by atoms with Crippen LogP contribution in [0.5, 0.6) is 0 Å². The standard InChI is InChI=1S/C21H29N11O12P2/c22-1-7-8(2-40-45(36)37)42-20(32-6-28-11-17(32)29-21(24)30-18(11)35)14(7)44-46(38,39)41-3-9-12(33)13(34)19(43-9)31-5-27-10-15(23)25-4-26-16(10)31/h4-9,12-14,19-20,33-34,45H,1-3,22H2,(H,36,37)(H,38,39)(H2,23,25,26)(H3,24,29,30,35)/t7-,8-,9-,12-,13-,14-,19-,20-/m1/s1. The van der Waals surface area contributed by atoms with E-state index in [0.717, 1.165) is 6.33 Å². The number of phosphoric acid groups is 1. The van der Waals surface area contributed by atoms with Crippen molar-refractivity contribution in [1.82, 2.24) is 39.0 Å². The van der Waals surface area contributed by atoms with Gasteiger partial charge in [-0.2, -0.15) is 4.98 Å². The zero-order valence-electron chi connectivity index (χ0n) is 23.3.